The fourth-order valence-corrected chi connectivity index (χ4v) is 1.79. The lowest BCUT2D eigenvalue weighted by Gasteiger charge is -2.07. The Hall–Kier alpha value is -2.24. The van der Waals surface area contributed by atoms with Crippen molar-refractivity contribution in [1.82, 2.24) is 10.6 Å². The lowest BCUT2D eigenvalue weighted by atomic mass is 10.1. The summed E-state index contributed by atoms with van der Waals surface area (Å²) in [6.07, 6.45) is 3.03. The molecule has 0 bridgehead atoms. The van der Waals surface area contributed by atoms with Gasteiger partial charge in [-0.15, -0.1) is 0 Å². The van der Waals surface area contributed by atoms with Crippen molar-refractivity contribution < 1.29 is 19.8 Å². The molecule has 0 atom stereocenters. The van der Waals surface area contributed by atoms with Gasteiger partial charge in [0.05, 0.1) is 5.56 Å². The van der Waals surface area contributed by atoms with Crippen LogP contribution >= 0.6 is 0 Å². The Labute approximate surface area is 116 Å². The van der Waals surface area contributed by atoms with E-state index < -0.39 is 5.91 Å². The number of rotatable bonds is 6. The summed E-state index contributed by atoms with van der Waals surface area (Å²) in [4.78, 5) is 23.2. The molecule has 0 aliphatic heterocycles. The molecule has 1 fully saturated rings. The third-order valence-corrected chi connectivity index (χ3v) is 3.03. The molecule has 1 aliphatic carbocycles. The molecule has 108 valence electrons. The van der Waals surface area contributed by atoms with Gasteiger partial charge in [-0.3, -0.25) is 9.59 Å². The maximum atomic E-state index is 11.8. The first-order valence-electron chi connectivity index (χ1n) is 6.66. The van der Waals surface area contributed by atoms with Crippen molar-refractivity contribution in [3.05, 3.63) is 23.8 Å². The number of phenolic OH excluding ortho intramolecular Hbond substituents is 2. The number of hydrogen-bond donors (Lipinski definition) is 4. The summed E-state index contributed by atoms with van der Waals surface area (Å²) in [5.41, 5.74) is 0.102. The predicted octanol–water partition coefficient (Wildman–Crippen LogP) is 0.886. The number of phenols is 2. The van der Waals surface area contributed by atoms with E-state index >= 15 is 0 Å². The highest BCUT2D eigenvalue weighted by Gasteiger charge is 2.22. The van der Waals surface area contributed by atoms with Crippen molar-refractivity contribution in [3.63, 3.8) is 0 Å². The third kappa shape index (κ3) is 4.15. The van der Waals surface area contributed by atoms with Crippen LogP contribution in [0.3, 0.4) is 0 Å². The van der Waals surface area contributed by atoms with Crippen molar-refractivity contribution in [2.45, 2.75) is 31.7 Å². The lowest BCUT2D eigenvalue weighted by Crippen LogP contribution is -2.28. The second kappa shape index (κ2) is 6.27. The first kappa shape index (κ1) is 14.2. The highest BCUT2D eigenvalue weighted by atomic mass is 16.3. The van der Waals surface area contributed by atoms with Crippen molar-refractivity contribution in [2.24, 2.45) is 0 Å². The maximum absolute atomic E-state index is 11.8. The van der Waals surface area contributed by atoms with Gasteiger partial charge in [-0.25, -0.2) is 0 Å². The molecule has 4 N–H and O–H groups in total. The minimum atomic E-state index is -0.426. The van der Waals surface area contributed by atoms with Crippen LogP contribution in [0, 0.1) is 0 Å². The quantitative estimate of drug-likeness (QED) is 0.581. The molecule has 1 aromatic rings. The molecular formula is C14H18N2O4. The van der Waals surface area contributed by atoms with E-state index in [1.165, 1.54) is 12.1 Å². The summed E-state index contributed by atoms with van der Waals surface area (Å²) in [5.74, 6) is -0.788. The van der Waals surface area contributed by atoms with E-state index in [1.807, 2.05) is 0 Å². The number of carbonyl (C=O) groups excluding carboxylic acids is 2. The van der Waals surface area contributed by atoms with Gasteiger partial charge < -0.3 is 20.8 Å². The minimum absolute atomic E-state index is 0.00855. The van der Waals surface area contributed by atoms with Gasteiger partial charge in [0.25, 0.3) is 5.91 Å². The van der Waals surface area contributed by atoms with Crippen LogP contribution in [0.5, 0.6) is 11.5 Å². The molecule has 1 aliphatic rings. The van der Waals surface area contributed by atoms with Gasteiger partial charge in [-0.2, -0.15) is 0 Å². The highest BCUT2D eigenvalue weighted by molar-refractivity contribution is 5.97. The van der Waals surface area contributed by atoms with Crippen LogP contribution in [-0.4, -0.2) is 34.6 Å². The van der Waals surface area contributed by atoms with Crippen LogP contribution in [-0.2, 0) is 4.79 Å². The molecule has 0 radical (unpaired) electrons. The lowest BCUT2D eigenvalue weighted by molar-refractivity contribution is -0.121. The van der Waals surface area contributed by atoms with Gasteiger partial charge in [0.15, 0.2) is 0 Å². The summed E-state index contributed by atoms with van der Waals surface area (Å²) < 4.78 is 0. The summed E-state index contributed by atoms with van der Waals surface area (Å²) in [5, 5.41) is 24.2. The zero-order valence-corrected chi connectivity index (χ0v) is 11.1. The number of carbonyl (C=O) groups is 2. The Bertz CT molecular complexity index is 512. The fraction of sp³-hybridized carbons (Fsp3) is 0.429. The number of amides is 2. The average molecular weight is 278 g/mol. The largest absolute Gasteiger partial charge is 0.508 e. The van der Waals surface area contributed by atoms with Crippen molar-refractivity contribution in [3.8, 4) is 11.5 Å². The zero-order valence-electron chi connectivity index (χ0n) is 11.1. The van der Waals surface area contributed by atoms with E-state index in [9.17, 15) is 14.7 Å². The van der Waals surface area contributed by atoms with E-state index in [0.717, 1.165) is 18.9 Å². The molecule has 0 spiro atoms. The van der Waals surface area contributed by atoms with E-state index in [-0.39, 0.29) is 23.0 Å². The van der Waals surface area contributed by atoms with E-state index in [2.05, 4.69) is 10.6 Å². The summed E-state index contributed by atoms with van der Waals surface area (Å²) in [6.45, 7) is 0.358. The average Bonchev–Trinajstić information content (AvgIpc) is 3.18. The Morgan fingerprint density at radius 2 is 2.00 bits per heavy atom. The van der Waals surface area contributed by atoms with E-state index in [0.29, 0.717) is 25.4 Å². The summed E-state index contributed by atoms with van der Waals surface area (Å²) in [7, 11) is 0. The molecule has 0 heterocycles. The number of benzene rings is 1. The van der Waals surface area contributed by atoms with Gasteiger partial charge >= 0.3 is 0 Å². The van der Waals surface area contributed by atoms with E-state index in [1.54, 1.807) is 0 Å². The maximum Gasteiger partial charge on any atom is 0.255 e. The normalized spacial score (nSPS) is 13.8. The Kier molecular flexibility index (Phi) is 4.45. The first-order valence-corrected chi connectivity index (χ1v) is 6.66. The van der Waals surface area contributed by atoms with Gasteiger partial charge in [0.2, 0.25) is 5.91 Å². The Morgan fingerprint density at radius 1 is 1.25 bits per heavy atom. The Balaban J connectivity index is 1.70. The van der Waals surface area contributed by atoms with Crippen LogP contribution in [0.2, 0.25) is 0 Å². The Morgan fingerprint density at radius 3 is 2.65 bits per heavy atom. The molecule has 6 heteroatoms. The number of nitrogens with one attached hydrogen (secondary N) is 2. The van der Waals surface area contributed by atoms with Crippen LogP contribution in [0.4, 0.5) is 0 Å². The third-order valence-electron chi connectivity index (χ3n) is 3.03. The van der Waals surface area contributed by atoms with Crippen molar-refractivity contribution in [2.75, 3.05) is 6.54 Å². The molecule has 20 heavy (non-hydrogen) atoms. The molecule has 6 nitrogen and oxygen atoms in total. The fourth-order valence-electron chi connectivity index (χ4n) is 1.79. The standard InChI is InChI=1S/C14H18N2O4/c17-10-5-6-11(12(18)8-10)14(20)15-7-1-2-13(19)16-9-3-4-9/h5-6,8-9,17-18H,1-4,7H2,(H,15,20)(H,16,19). The topological polar surface area (TPSA) is 98.7 Å². The summed E-state index contributed by atoms with van der Waals surface area (Å²) >= 11 is 0. The number of aromatic hydroxyl groups is 2. The molecule has 1 aromatic carbocycles. The van der Waals surface area contributed by atoms with Gasteiger partial charge in [0.1, 0.15) is 11.5 Å². The second-order valence-electron chi connectivity index (χ2n) is 4.90. The molecule has 2 rings (SSSR count). The van der Waals surface area contributed by atoms with Crippen molar-refractivity contribution in [1.29, 1.82) is 0 Å². The number of hydrogen-bond acceptors (Lipinski definition) is 4. The van der Waals surface area contributed by atoms with Crippen molar-refractivity contribution >= 4 is 11.8 Å². The van der Waals surface area contributed by atoms with Gasteiger partial charge in [-0.05, 0) is 31.4 Å². The SMILES string of the molecule is O=C(CCCNC(=O)c1ccc(O)cc1O)NC1CC1. The molecule has 0 saturated heterocycles. The zero-order chi connectivity index (χ0) is 14.5. The highest BCUT2D eigenvalue weighted by Crippen LogP contribution is 2.22. The summed E-state index contributed by atoms with van der Waals surface area (Å²) in [6, 6.07) is 4.14. The minimum Gasteiger partial charge on any atom is -0.508 e. The van der Waals surface area contributed by atoms with E-state index in [4.69, 9.17) is 5.11 Å². The predicted molar refractivity (Wildman–Crippen MR) is 72.5 cm³/mol. The molecular weight excluding hydrogens is 260 g/mol. The van der Waals surface area contributed by atoms with Crippen LogP contribution in [0.25, 0.3) is 0 Å². The molecule has 0 aromatic heterocycles. The molecule has 2 amide bonds. The van der Waals surface area contributed by atoms with Crippen LogP contribution in [0.1, 0.15) is 36.0 Å². The van der Waals surface area contributed by atoms with Crippen LogP contribution in [0.15, 0.2) is 18.2 Å². The second-order valence-corrected chi connectivity index (χ2v) is 4.90. The monoisotopic (exact) mass is 278 g/mol. The first-order chi connectivity index (χ1) is 9.56. The van der Waals surface area contributed by atoms with Gasteiger partial charge in [0, 0.05) is 25.1 Å². The molecule has 1 saturated carbocycles. The molecule has 0 unspecified atom stereocenters. The van der Waals surface area contributed by atoms with Crippen LogP contribution < -0.4 is 10.6 Å². The van der Waals surface area contributed by atoms with Gasteiger partial charge in [-0.1, -0.05) is 0 Å². The smallest absolute Gasteiger partial charge is 0.255 e.